The Morgan fingerprint density at radius 2 is 1.93 bits per heavy atom. The molecule has 0 radical (unpaired) electrons. The average Bonchev–Trinajstić information content (AvgIpc) is 2.29. The SMILES string of the molecule is C=CCCNc1nnc(CC)c(CC)n1. The first kappa shape index (κ1) is 11.6. The molecule has 0 amide bonds. The second-order valence-corrected chi connectivity index (χ2v) is 3.24. The molecule has 0 aromatic carbocycles. The van der Waals surface area contributed by atoms with Gasteiger partial charge in [0.15, 0.2) is 0 Å². The smallest absolute Gasteiger partial charge is 0.242 e. The summed E-state index contributed by atoms with van der Waals surface area (Å²) in [5.74, 6) is 0.617. The third-order valence-electron chi connectivity index (χ3n) is 2.14. The zero-order valence-corrected chi connectivity index (χ0v) is 9.45. The van der Waals surface area contributed by atoms with E-state index in [1.807, 2.05) is 6.08 Å². The molecule has 82 valence electrons. The van der Waals surface area contributed by atoms with E-state index in [2.05, 4.69) is 40.9 Å². The summed E-state index contributed by atoms with van der Waals surface area (Å²) in [7, 11) is 0. The van der Waals surface area contributed by atoms with E-state index in [-0.39, 0.29) is 0 Å². The number of hydrogen-bond donors (Lipinski definition) is 1. The van der Waals surface area contributed by atoms with Crippen molar-refractivity contribution in [2.75, 3.05) is 11.9 Å². The first-order chi connectivity index (χ1) is 7.31. The van der Waals surface area contributed by atoms with E-state index in [0.717, 1.165) is 37.2 Å². The summed E-state index contributed by atoms with van der Waals surface area (Å²) in [4.78, 5) is 4.41. The van der Waals surface area contributed by atoms with E-state index in [4.69, 9.17) is 0 Å². The molecule has 0 unspecified atom stereocenters. The minimum Gasteiger partial charge on any atom is -0.353 e. The molecule has 0 atom stereocenters. The Balaban J connectivity index is 2.69. The molecule has 1 N–H and O–H groups in total. The van der Waals surface area contributed by atoms with Gasteiger partial charge in [-0.1, -0.05) is 19.9 Å². The van der Waals surface area contributed by atoms with Gasteiger partial charge in [0, 0.05) is 6.54 Å². The zero-order chi connectivity index (χ0) is 11.1. The van der Waals surface area contributed by atoms with Crippen LogP contribution in [0.25, 0.3) is 0 Å². The molecular formula is C11H18N4. The highest BCUT2D eigenvalue weighted by Crippen LogP contribution is 2.06. The molecular weight excluding hydrogens is 188 g/mol. The summed E-state index contributed by atoms with van der Waals surface area (Å²) < 4.78 is 0. The average molecular weight is 206 g/mol. The lowest BCUT2D eigenvalue weighted by Gasteiger charge is -2.06. The van der Waals surface area contributed by atoms with E-state index in [0.29, 0.717) is 5.95 Å². The normalized spacial score (nSPS) is 10.0. The van der Waals surface area contributed by atoms with Gasteiger partial charge in [-0.15, -0.1) is 11.7 Å². The molecule has 0 aliphatic rings. The van der Waals surface area contributed by atoms with Crippen LogP contribution in [0.5, 0.6) is 0 Å². The maximum Gasteiger partial charge on any atom is 0.242 e. The minimum atomic E-state index is 0.617. The molecule has 0 saturated heterocycles. The summed E-state index contributed by atoms with van der Waals surface area (Å²) in [5, 5.41) is 11.3. The maximum absolute atomic E-state index is 4.41. The van der Waals surface area contributed by atoms with Crippen LogP contribution in [-0.4, -0.2) is 21.7 Å². The number of aryl methyl sites for hydroxylation is 2. The lowest BCUT2D eigenvalue weighted by molar-refractivity contribution is 0.819. The predicted octanol–water partition coefficient (Wildman–Crippen LogP) is 1.98. The fourth-order valence-corrected chi connectivity index (χ4v) is 1.30. The molecule has 0 aliphatic carbocycles. The van der Waals surface area contributed by atoms with Crippen LogP contribution in [-0.2, 0) is 12.8 Å². The number of hydrogen-bond acceptors (Lipinski definition) is 4. The molecule has 4 nitrogen and oxygen atoms in total. The lowest BCUT2D eigenvalue weighted by Crippen LogP contribution is -2.10. The van der Waals surface area contributed by atoms with E-state index < -0.39 is 0 Å². The molecule has 0 spiro atoms. The second kappa shape index (κ2) is 6.11. The van der Waals surface area contributed by atoms with E-state index >= 15 is 0 Å². The number of rotatable bonds is 6. The van der Waals surface area contributed by atoms with Gasteiger partial charge in [-0.2, -0.15) is 5.10 Å². The van der Waals surface area contributed by atoms with Crippen LogP contribution in [0.4, 0.5) is 5.95 Å². The van der Waals surface area contributed by atoms with Gasteiger partial charge in [-0.3, -0.25) is 0 Å². The number of nitrogens with zero attached hydrogens (tertiary/aromatic N) is 3. The van der Waals surface area contributed by atoms with Crippen LogP contribution >= 0.6 is 0 Å². The standard InChI is InChI=1S/C11H18N4/c1-4-7-8-12-11-13-9(5-2)10(6-3)14-15-11/h4H,1,5-8H2,2-3H3,(H,12,13,15). The lowest BCUT2D eigenvalue weighted by atomic mass is 10.2. The fraction of sp³-hybridized carbons (Fsp3) is 0.545. The number of nitrogens with one attached hydrogen (secondary N) is 1. The second-order valence-electron chi connectivity index (χ2n) is 3.24. The Morgan fingerprint density at radius 1 is 1.20 bits per heavy atom. The van der Waals surface area contributed by atoms with Crippen molar-refractivity contribution in [1.82, 2.24) is 15.2 Å². The van der Waals surface area contributed by atoms with Gasteiger partial charge in [0.05, 0.1) is 11.4 Å². The topological polar surface area (TPSA) is 50.7 Å². The molecule has 0 bridgehead atoms. The van der Waals surface area contributed by atoms with Crippen LogP contribution in [0.3, 0.4) is 0 Å². The zero-order valence-electron chi connectivity index (χ0n) is 9.45. The first-order valence-corrected chi connectivity index (χ1v) is 5.39. The summed E-state index contributed by atoms with van der Waals surface area (Å²) >= 11 is 0. The largest absolute Gasteiger partial charge is 0.353 e. The fourth-order valence-electron chi connectivity index (χ4n) is 1.30. The van der Waals surface area contributed by atoms with Crippen molar-refractivity contribution in [2.45, 2.75) is 33.1 Å². The minimum absolute atomic E-state index is 0.617. The van der Waals surface area contributed by atoms with Crippen LogP contribution in [0.15, 0.2) is 12.7 Å². The molecule has 0 saturated carbocycles. The molecule has 1 heterocycles. The quantitative estimate of drug-likeness (QED) is 0.571. The Kier molecular flexibility index (Phi) is 4.74. The predicted molar refractivity (Wildman–Crippen MR) is 61.9 cm³/mol. The summed E-state index contributed by atoms with van der Waals surface area (Å²) in [6.45, 7) is 8.61. The number of anilines is 1. The first-order valence-electron chi connectivity index (χ1n) is 5.39. The van der Waals surface area contributed by atoms with Crippen molar-refractivity contribution in [1.29, 1.82) is 0 Å². The molecule has 1 aromatic heterocycles. The Morgan fingerprint density at radius 3 is 2.53 bits per heavy atom. The van der Waals surface area contributed by atoms with Crippen molar-refractivity contribution >= 4 is 5.95 Å². The molecule has 15 heavy (non-hydrogen) atoms. The molecule has 1 aromatic rings. The highest BCUT2D eigenvalue weighted by Gasteiger charge is 2.04. The number of aromatic nitrogens is 3. The third kappa shape index (κ3) is 3.31. The van der Waals surface area contributed by atoms with Crippen LogP contribution in [0, 0.1) is 0 Å². The van der Waals surface area contributed by atoms with Gasteiger partial charge in [0.1, 0.15) is 0 Å². The van der Waals surface area contributed by atoms with Crippen molar-refractivity contribution in [3.8, 4) is 0 Å². The highest BCUT2D eigenvalue weighted by atomic mass is 15.2. The van der Waals surface area contributed by atoms with Crippen molar-refractivity contribution in [3.63, 3.8) is 0 Å². The van der Waals surface area contributed by atoms with Gasteiger partial charge in [-0.25, -0.2) is 4.98 Å². The van der Waals surface area contributed by atoms with Crippen LogP contribution < -0.4 is 5.32 Å². The van der Waals surface area contributed by atoms with E-state index in [1.165, 1.54) is 0 Å². The summed E-state index contributed by atoms with van der Waals surface area (Å²) in [5.41, 5.74) is 2.03. The Bertz CT molecular complexity index is 322. The Labute approximate surface area is 90.8 Å². The van der Waals surface area contributed by atoms with Crippen molar-refractivity contribution in [2.24, 2.45) is 0 Å². The van der Waals surface area contributed by atoms with Crippen molar-refractivity contribution < 1.29 is 0 Å². The van der Waals surface area contributed by atoms with Gasteiger partial charge >= 0.3 is 0 Å². The summed E-state index contributed by atoms with van der Waals surface area (Å²) in [6.07, 6.45) is 4.55. The van der Waals surface area contributed by atoms with Gasteiger partial charge in [0.25, 0.3) is 0 Å². The molecule has 0 fully saturated rings. The van der Waals surface area contributed by atoms with Gasteiger partial charge < -0.3 is 5.32 Å². The van der Waals surface area contributed by atoms with E-state index in [9.17, 15) is 0 Å². The van der Waals surface area contributed by atoms with Gasteiger partial charge in [-0.05, 0) is 19.3 Å². The van der Waals surface area contributed by atoms with Crippen molar-refractivity contribution in [3.05, 3.63) is 24.0 Å². The summed E-state index contributed by atoms with van der Waals surface area (Å²) in [6, 6.07) is 0. The third-order valence-corrected chi connectivity index (χ3v) is 2.14. The van der Waals surface area contributed by atoms with Crippen LogP contribution in [0.2, 0.25) is 0 Å². The van der Waals surface area contributed by atoms with E-state index in [1.54, 1.807) is 0 Å². The maximum atomic E-state index is 4.41. The van der Waals surface area contributed by atoms with Crippen LogP contribution in [0.1, 0.15) is 31.7 Å². The monoisotopic (exact) mass is 206 g/mol. The molecule has 4 heteroatoms. The highest BCUT2D eigenvalue weighted by molar-refractivity contribution is 5.25. The Hall–Kier alpha value is -1.45. The van der Waals surface area contributed by atoms with Gasteiger partial charge in [0.2, 0.25) is 5.95 Å². The molecule has 0 aliphatic heterocycles. The molecule has 1 rings (SSSR count).